The highest BCUT2D eigenvalue weighted by Crippen LogP contribution is 2.34. The first-order chi connectivity index (χ1) is 10.2. The topological polar surface area (TPSA) is 58.6 Å². The Hall–Kier alpha value is -1.55. The van der Waals surface area contributed by atoms with Crippen LogP contribution >= 0.6 is 0 Å². The van der Waals surface area contributed by atoms with Gasteiger partial charge in [-0.15, -0.1) is 0 Å². The van der Waals surface area contributed by atoms with Crippen LogP contribution in [0.25, 0.3) is 0 Å². The Morgan fingerprint density at radius 1 is 1.38 bits per heavy atom. The lowest BCUT2D eigenvalue weighted by Gasteiger charge is -2.22. The fourth-order valence-corrected chi connectivity index (χ4v) is 2.76. The summed E-state index contributed by atoms with van der Waals surface area (Å²) in [5.41, 5.74) is 1.01. The molecule has 1 saturated carbocycles. The fourth-order valence-electron chi connectivity index (χ4n) is 2.76. The van der Waals surface area contributed by atoms with Crippen molar-refractivity contribution in [1.29, 1.82) is 0 Å². The van der Waals surface area contributed by atoms with Crippen LogP contribution in [0.5, 0.6) is 5.75 Å². The predicted octanol–water partition coefficient (Wildman–Crippen LogP) is 2.47. The minimum Gasteiger partial charge on any atom is -0.497 e. The molecule has 4 heteroatoms. The molecular weight excluding hydrogens is 266 g/mol. The summed E-state index contributed by atoms with van der Waals surface area (Å²) in [5, 5.41) is 12.3. The van der Waals surface area contributed by atoms with Crippen molar-refractivity contribution in [3.8, 4) is 5.75 Å². The van der Waals surface area contributed by atoms with Crippen molar-refractivity contribution in [2.24, 2.45) is 5.92 Å². The van der Waals surface area contributed by atoms with Crippen molar-refractivity contribution < 1.29 is 14.6 Å². The third-order valence-electron chi connectivity index (χ3n) is 4.20. The van der Waals surface area contributed by atoms with Gasteiger partial charge in [-0.05, 0) is 49.3 Å². The Bertz CT molecular complexity index is 454. The molecule has 0 bridgehead atoms. The fraction of sp³-hybridized carbons (Fsp3) is 0.588. The van der Waals surface area contributed by atoms with Crippen LogP contribution in [0.3, 0.4) is 0 Å². The number of rotatable bonds is 8. The van der Waals surface area contributed by atoms with Crippen LogP contribution in [-0.4, -0.2) is 30.8 Å². The van der Waals surface area contributed by atoms with Crippen LogP contribution in [-0.2, 0) is 4.79 Å². The van der Waals surface area contributed by atoms with Gasteiger partial charge in [-0.25, -0.2) is 0 Å². The Kier molecular flexibility index (Phi) is 5.62. The van der Waals surface area contributed by atoms with Crippen LogP contribution in [0.4, 0.5) is 0 Å². The summed E-state index contributed by atoms with van der Waals surface area (Å²) in [6.07, 6.45) is 3.72. The lowest BCUT2D eigenvalue weighted by Crippen LogP contribution is -2.40. The summed E-state index contributed by atoms with van der Waals surface area (Å²) in [6.45, 7) is 2.15. The molecule has 2 rings (SSSR count). The predicted molar refractivity (Wildman–Crippen MR) is 82.4 cm³/mol. The van der Waals surface area contributed by atoms with Crippen molar-refractivity contribution >= 4 is 5.91 Å². The minimum atomic E-state index is -0.143. The second kappa shape index (κ2) is 7.46. The third-order valence-corrected chi connectivity index (χ3v) is 4.20. The van der Waals surface area contributed by atoms with Crippen LogP contribution in [0.2, 0.25) is 0 Å². The first-order valence-electron chi connectivity index (χ1n) is 7.74. The molecule has 2 unspecified atom stereocenters. The van der Waals surface area contributed by atoms with Gasteiger partial charge in [0.1, 0.15) is 5.75 Å². The zero-order valence-electron chi connectivity index (χ0n) is 12.8. The molecule has 1 fully saturated rings. The monoisotopic (exact) mass is 291 g/mol. The molecule has 0 saturated heterocycles. The third kappa shape index (κ3) is 4.21. The van der Waals surface area contributed by atoms with Gasteiger partial charge >= 0.3 is 0 Å². The van der Waals surface area contributed by atoms with Gasteiger partial charge in [0.25, 0.3) is 0 Å². The Balaban J connectivity index is 2.02. The lowest BCUT2D eigenvalue weighted by molar-refractivity contribution is -0.123. The second-order valence-corrected chi connectivity index (χ2v) is 5.70. The molecule has 21 heavy (non-hydrogen) atoms. The van der Waals surface area contributed by atoms with E-state index in [1.807, 2.05) is 31.2 Å². The van der Waals surface area contributed by atoms with Crippen LogP contribution in [0.1, 0.15) is 44.1 Å². The maximum atomic E-state index is 12.5. The van der Waals surface area contributed by atoms with Gasteiger partial charge in [0.2, 0.25) is 5.91 Å². The molecule has 0 aliphatic heterocycles. The SMILES string of the molecule is CCC(C(=O)NC(CCO)C1CC1)c1ccc(OC)cc1. The average molecular weight is 291 g/mol. The first kappa shape index (κ1) is 15.8. The average Bonchev–Trinajstić information content (AvgIpc) is 3.33. The molecule has 0 heterocycles. The molecule has 0 spiro atoms. The van der Waals surface area contributed by atoms with Gasteiger partial charge in [0, 0.05) is 12.6 Å². The van der Waals surface area contributed by atoms with E-state index in [2.05, 4.69) is 5.32 Å². The summed E-state index contributed by atoms with van der Waals surface area (Å²) in [4.78, 5) is 12.5. The molecule has 1 amide bonds. The number of hydrogen-bond acceptors (Lipinski definition) is 3. The summed E-state index contributed by atoms with van der Waals surface area (Å²) in [5.74, 6) is 1.27. The largest absolute Gasteiger partial charge is 0.497 e. The number of ether oxygens (including phenoxy) is 1. The van der Waals surface area contributed by atoms with E-state index in [0.717, 1.165) is 30.6 Å². The number of nitrogens with one attached hydrogen (secondary N) is 1. The summed E-state index contributed by atoms with van der Waals surface area (Å²) < 4.78 is 5.15. The van der Waals surface area contributed by atoms with Crippen molar-refractivity contribution in [3.63, 3.8) is 0 Å². The van der Waals surface area contributed by atoms with Gasteiger partial charge in [0.05, 0.1) is 13.0 Å². The number of carbonyl (C=O) groups excluding carboxylic acids is 1. The van der Waals surface area contributed by atoms with E-state index in [0.29, 0.717) is 12.3 Å². The molecule has 1 aromatic rings. The number of hydrogen-bond donors (Lipinski definition) is 2. The molecule has 1 aromatic carbocycles. The normalized spacial score (nSPS) is 17.1. The van der Waals surface area contributed by atoms with E-state index in [9.17, 15) is 4.79 Å². The molecule has 1 aliphatic rings. The first-order valence-corrected chi connectivity index (χ1v) is 7.74. The van der Waals surface area contributed by atoms with Gasteiger partial charge in [0.15, 0.2) is 0 Å². The van der Waals surface area contributed by atoms with Crippen LogP contribution < -0.4 is 10.1 Å². The van der Waals surface area contributed by atoms with Gasteiger partial charge in [-0.1, -0.05) is 19.1 Å². The number of amides is 1. The molecule has 1 aliphatic carbocycles. The Morgan fingerprint density at radius 3 is 2.52 bits per heavy atom. The summed E-state index contributed by atoms with van der Waals surface area (Å²) >= 11 is 0. The number of aliphatic hydroxyl groups excluding tert-OH is 1. The van der Waals surface area contributed by atoms with Gasteiger partial charge in [-0.3, -0.25) is 4.79 Å². The van der Waals surface area contributed by atoms with E-state index in [4.69, 9.17) is 9.84 Å². The molecule has 4 nitrogen and oxygen atoms in total. The Morgan fingerprint density at radius 2 is 2.05 bits per heavy atom. The number of aliphatic hydroxyl groups is 1. The molecule has 0 aromatic heterocycles. The summed E-state index contributed by atoms with van der Waals surface area (Å²) in [7, 11) is 1.63. The van der Waals surface area contributed by atoms with Gasteiger partial charge in [-0.2, -0.15) is 0 Å². The van der Waals surface area contributed by atoms with E-state index in [1.165, 1.54) is 0 Å². The number of benzene rings is 1. The summed E-state index contributed by atoms with van der Waals surface area (Å²) in [6, 6.07) is 7.79. The van der Waals surface area contributed by atoms with E-state index >= 15 is 0 Å². The molecular formula is C17H25NO3. The van der Waals surface area contributed by atoms with Crippen molar-refractivity contribution in [2.75, 3.05) is 13.7 Å². The molecule has 0 radical (unpaired) electrons. The standard InChI is InChI=1S/C17H25NO3/c1-3-15(12-6-8-14(21-2)9-7-12)17(20)18-16(10-11-19)13-4-5-13/h6-9,13,15-16,19H,3-5,10-11H2,1-2H3,(H,18,20). The highest BCUT2D eigenvalue weighted by atomic mass is 16.5. The van der Waals surface area contributed by atoms with Crippen molar-refractivity contribution in [1.82, 2.24) is 5.32 Å². The Labute approximate surface area is 126 Å². The van der Waals surface area contributed by atoms with Crippen LogP contribution in [0, 0.1) is 5.92 Å². The maximum absolute atomic E-state index is 12.5. The lowest BCUT2D eigenvalue weighted by atomic mass is 9.94. The van der Waals surface area contributed by atoms with Crippen LogP contribution in [0.15, 0.2) is 24.3 Å². The quantitative estimate of drug-likeness (QED) is 0.773. The zero-order chi connectivity index (χ0) is 15.2. The second-order valence-electron chi connectivity index (χ2n) is 5.70. The molecule has 2 atom stereocenters. The van der Waals surface area contributed by atoms with E-state index < -0.39 is 0 Å². The van der Waals surface area contributed by atoms with Crippen molar-refractivity contribution in [3.05, 3.63) is 29.8 Å². The zero-order valence-corrected chi connectivity index (χ0v) is 12.8. The number of carbonyl (C=O) groups is 1. The van der Waals surface area contributed by atoms with E-state index in [1.54, 1.807) is 7.11 Å². The van der Waals surface area contributed by atoms with Gasteiger partial charge < -0.3 is 15.2 Å². The van der Waals surface area contributed by atoms with Crippen molar-refractivity contribution in [2.45, 2.75) is 44.6 Å². The maximum Gasteiger partial charge on any atom is 0.227 e. The highest BCUT2D eigenvalue weighted by molar-refractivity contribution is 5.84. The molecule has 2 N–H and O–H groups in total. The molecule has 116 valence electrons. The minimum absolute atomic E-state index is 0.0630. The smallest absolute Gasteiger partial charge is 0.227 e. The van der Waals surface area contributed by atoms with E-state index in [-0.39, 0.29) is 24.5 Å². The number of methoxy groups -OCH3 is 1. The highest BCUT2D eigenvalue weighted by Gasteiger charge is 2.33.